The molecule has 2 rings (SSSR count). The third-order valence-corrected chi connectivity index (χ3v) is 2.47. The number of aromatic amines is 1. The van der Waals surface area contributed by atoms with Crippen LogP contribution in [0, 0.1) is 20.8 Å². The molecule has 0 amide bonds. The number of H-pyrrole nitrogens is 1. The molecular formula is C12H14N2. The first-order valence-corrected chi connectivity index (χ1v) is 4.76. The van der Waals surface area contributed by atoms with Gasteiger partial charge in [0.25, 0.3) is 0 Å². The van der Waals surface area contributed by atoms with E-state index >= 15 is 0 Å². The molecule has 2 aromatic rings. The van der Waals surface area contributed by atoms with Gasteiger partial charge in [0.05, 0.1) is 5.69 Å². The van der Waals surface area contributed by atoms with Crippen LogP contribution >= 0.6 is 0 Å². The molecule has 1 aromatic heterocycles. The Kier molecular flexibility index (Phi) is 2.12. The Bertz CT molecular complexity index is 455. The summed E-state index contributed by atoms with van der Waals surface area (Å²) in [5.41, 5.74) is 6.04. The van der Waals surface area contributed by atoms with Crippen LogP contribution < -0.4 is 0 Å². The van der Waals surface area contributed by atoms with Gasteiger partial charge in [-0.1, -0.05) is 23.8 Å². The van der Waals surface area contributed by atoms with Gasteiger partial charge in [-0.3, -0.25) is 5.10 Å². The maximum atomic E-state index is 4.25. The minimum absolute atomic E-state index is 1.06. The molecule has 1 N–H and O–H groups in total. The van der Waals surface area contributed by atoms with Crippen LogP contribution in [0.4, 0.5) is 0 Å². The van der Waals surface area contributed by atoms with E-state index in [-0.39, 0.29) is 0 Å². The van der Waals surface area contributed by atoms with Crippen molar-refractivity contribution in [1.82, 2.24) is 10.2 Å². The highest BCUT2D eigenvalue weighted by molar-refractivity contribution is 5.66. The van der Waals surface area contributed by atoms with Crippen molar-refractivity contribution in [2.45, 2.75) is 20.8 Å². The minimum atomic E-state index is 1.06. The number of hydrogen-bond donors (Lipinski definition) is 1. The van der Waals surface area contributed by atoms with E-state index in [4.69, 9.17) is 0 Å². The molecule has 0 fully saturated rings. The largest absolute Gasteiger partial charge is 0.285 e. The van der Waals surface area contributed by atoms with E-state index in [9.17, 15) is 0 Å². The maximum absolute atomic E-state index is 4.25. The Morgan fingerprint density at radius 3 is 2.43 bits per heavy atom. The summed E-state index contributed by atoms with van der Waals surface area (Å²) in [6.45, 7) is 6.29. The molecule has 1 heterocycles. The molecule has 72 valence electrons. The summed E-state index contributed by atoms with van der Waals surface area (Å²) in [5.74, 6) is 0. The second-order valence-corrected chi connectivity index (χ2v) is 3.74. The van der Waals surface area contributed by atoms with Crippen LogP contribution in [0.5, 0.6) is 0 Å². The first-order valence-electron chi connectivity index (χ1n) is 4.76. The molecule has 0 spiro atoms. The zero-order valence-electron chi connectivity index (χ0n) is 8.76. The van der Waals surface area contributed by atoms with E-state index in [0.29, 0.717) is 0 Å². The predicted molar refractivity (Wildman–Crippen MR) is 58.2 cm³/mol. The van der Waals surface area contributed by atoms with Crippen LogP contribution in [0.3, 0.4) is 0 Å². The standard InChI is InChI=1S/C12H14N2/c1-8-4-5-11(9(2)6-8)12-10(3)7-13-14-12/h4-7H,1-3H3,(H,13,14). The second kappa shape index (κ2) is 3.29. The highest BCUT2D eigenvalue weighted by Crippen LogP contribution is 2.24. The number of hydrogen-bond acceptors (Lipinski definition) is 1. The lowest BCUT2D eigenvalue weighted by Crippen LogP contribution is -1.86. The number of benzene rings is 1. The summed E-state index contributed by atoms with van der Waals surface area (Å²) < 4.78 is 0. The third-order valence-electron chi connectivity index (χ3n) is 2.47. The Balaban J connectivity index is 2.58. The monoisotopic (exact) mass is 186 g/mol. The summed E-state index contributed by atoms with van der Waals surface area (Å²) in [6, 6.07) is 6.44. The normalized spacial score (nSPS) is 10.5. The second-order valence-electron chi connectivity index (χ2n) is 3.74. The summed E-state index contributed by atoms with van der Waals surface area (Å²) in [5, 5.41) is 7.14. The Morgan fingerprint density at radius 2 is 1.86 bits per heavy atom. The molecule has 0 unspecified atom stereocenters. The third kappa shape index (κ3) is 1.43. The lowest BCUT2D eigenvalue weighted by Gasteiger charge is -2.04. The molecule has 0 radical (unpaired) electrons. The fraction of sp³-hybridized carbons (Fsp3) is 0.250. The fourth-order valence-electron chi connectivity index (χ4n) is 1.70. The van der Waals surface area contributed by atoms with Gasteiger partial charge < -0.3 is 0 Å². The van der Waals surface area contributed by atoms with Gasteiger partial charge in [-0.2, -0.15) is 5.10 Å². The van der Waals surface area contributed by atoms with Crippen molar-refractivity contribution in [2.24, 2.45) is 0 Å². The summed E-state index contributed by atoms with van der Waals surface area (Å²) >= 11 is 0. The van der Waals surface area contributed by atoms with Crippen LogP contribution in [-0.2, 0) is 0 Å². The first kappa shape index (κ1) is 9.00. The minimum Gasteiger partial charge on any atom is -0.285 e. The number of nitrogens with zero attached hydrogens (tertiary/aromatic N) is 1. The van der Waals surface area contributed by atoms with Crippen LogP contribution in [0.15, 0.2) is 24.4 Å². The number of aryl methyl sites for hydroxylation is 3. The van der Waals surface area contributed by atoms with Crippen molar-refractivity contribution in [3.8, 4) is 11.3 Å². The highest BCUT2D eigenvalue weighted by Gasteiger charge is 2.06. The predicted octanol–water partition coefficient (Wildman–Crippen LogP) is 3.00. The molecule has 0 saturated heterocycles. The average molecular weight is 186 g/mol. The Hall–Kier alpha value is -1.57. The van der Waals surface area contributed by atoms with Crippen LogP contribution in [0.25, 0.3) is 11.3 Å². The zero-order valence-corrected chi connectivity index (χ0v) is 8.76. The SMILES string of the molecule is Cc1ccc(-c2n[nH]cc2C)c(C)c1. The van der Waals surface area contributed by atoms with Crippen LogP contribution in [0.2, 0.25) is 0 Å². The van der Waals surface area contributed by atoms with Gasteiger partial charge in [0.1, 0.15) is 0 Å². The lowest BCUT2D eigenvalue weighted by molar-refractivity contribution is 1.09. The van der Waals surface area contributed by atoms with E-state index in [1.54, 1.807) is 0 Å². The zero-order chi connectivity index (χ0) is 10.1. The van der Waals surface area contributed by atoms with Crippen molar-refractivity contribution in [1.29, 1.82) is 0 Å². The summed E-state index contributed by atoms with van der Waals surface area (Å²) in [6.07, 6.45) is 1.93. The molecule has 0 aliphatic heterocycles. The van der Waals surface area contributed by atoms with Gasteiger partial charge in [0.2, 0.25) is 0 Å². The van der Waals surface area contributed by atoms with Crippen molar-refractivity contribution in [2.75, 3.05) is 0 Å². The van der Waals surface area contributed by atoms with Crippen molar-refractivity contribution >= 4 is 0 Å². The molecule has 0 bridgehead atoms. The van der Waals surface area contributed by atoms with Gasteiger partial charge in [-0.05, 0) is 31.9 Å². The lowest BCUT2D eigenvalue weighted by atomic mass is 10.0. The van der Waals surface area contributed by atoms with Gasteiger partial charge >= 0.3 is 0 Å². The van der Waals surface area contributed by atoms with Crippen molar-refractivity contribution < 1.29 is 0 Å². The molecule has 1 aromatic carbocycles. The number of nitrogens with one attached hydrogen (secondary N) is 1. The van der Waals surface area contributed by atoms with Crippen LogP contribution in [0.1, 0.15) is 16.7 Å². The van der Waals surface area contributed by atoms with E-state index in [0.717, 1.165) is 5.69 Å². The van der Waals surface area contributed by atoms with E-state index in [2.05, 4.69) is 49.2 Å². The number of rotatable bonds is 1. The molecule has 0 atom stereocenters. The summed E-state index contributed by atoms with van der Waals surface area (Å²) in [4.78, 5) is 0. The van der Waals surface area contributed by atoms with Gasteiger partial charge in [0.15, 0.2) is 0 Å². The van der Waals surface area contributed by atoms with E-state index < -0.39 is 0 Å². The smallest absolute Gasteiger partial charge is 0.0952 e. The van der Waals surface area contributed by atoms with Gasteiger partial charge in [-0.15, -0.1) is 0 Å². The average Bonchev–Trinajstić information content (AvgIpc) is 2.52. The molecule has 0 aliphatic rings. The molecule has 0 aliphatic carbocycles. The molecule has 0 saturated carbocycles. The van der Waals surface area contributed by atoms with Gasteiger partial charge in [-0.25, -0.2) is 0 Å². The van der Waals surface area contributed by atoms with E-state index in [1.807, 2.05) is 6.20 Å². The molecule has 2 heteroatoms. The van der Waals surface area contributed by atoms with E-state index in [1.165, 1.54) is 22.3 Å². The fourth-order valence-corrected chi connectivity index (χ4v) is 1.70. The quantitative estimate of drug-likeness (QED) is 0.728. The first-order chi connectivity index (χ1) is 6.68. The summed E-state index contributed by atoms with van der Waals surface area (Å²) in [7, 11) is 0. The number of aromatic nitrogens is 2. The van der Waals surface area contributed by atoms with Crippen molar-refractivity contribution in [3.05, 3.63) is 41.1 Å². The highest BCUT2D eigenvalue weighted by atomic mass is 15.1. The van der Waals surface area contributed by atoms with Gasteiger partial charge in [0, 0.05) is 11.8 Å². The molecule has 14 heavy (non-hydrogen) atoms. The van der Waals surface area contributed by atoms with Crippen molar-refractivity contribution in [3.63, 3.8) is 0 Å². The Morgan fingerprint density at radius 1 is 1.07 bits per heavy atom. The topological polar surface area (TPSA) is 28.7 Å². The maximum Gasteiger partial charge on any atom is 0.0952 e. The van der Waals surface area contributed by atoms with Crippen LogP contribution in [-0.4, -0.2) is 10.2 Å². The Labute approximate surface area is 84.0 Å². The molecule has 2 nitrogen and oxygen atoms in total. The molecular weight excluding hydrogens is 172 g/mol.